The monoisotopic (exact) mass is 219 g/mol. The fourth-order valence-corrected chi connectivity index (χ4v) is 1.75. The van der Waals surface area contributed by atoms with Crippen molar-refractivity contribution in [1.29, 1.82) is 0 Å². The molecule has 0 aliphatic carbocycles. The standard InChI is InChI=1S/C11H13N3S/c1-8(2)4-6-14-10-3-5-12-7-9(10)13-11(14)15/h3-5,7H,6H2,1-2H3,(H,13,15). The number of allylic oxidation sites excluding steroid dienone is 2. The van der Waals surface area contributed by atoms with Crippen molar-refractivity contribution >= 4 is 23.3 Å². The van der Waals surface area contributed by atoms with Crippen LogP contribution in [0.15, 0.2) is 30.1 Å². The van der Waals surface area contributed by atoms with Gasteiger partial charge in [0, 0.05) is 12.7 Å². The van der Waals surface area contributed by atoms with Gasteiger partial charge in [0.25, 0.3) is 0 Å². The zero-order valence-electron chi connectivity index (χ0n) is 8.82. The summed E-state index contributed by atoms with van der Waals surface area (Å²) in [6.45, 7) is 4.98. The third kappa shape index (κ3) is 1.99. The largest absolute Gasteiger partial charge is 0.329 e. The van der Waals surface area contributed by atoms with Crippen LogP contribution in [0.5, 0.6) is 0 Å². The van der Waals surface area contributed by atoms with Gasteiger partial charge in [-0.3, -0.25) is 4.98 Å². The molecule has 0 saturated carbocycles. The molecule has 0 radical (unpaired) electrons. The second-order valence-electron chi connectivity index (χ2n) is 3.72. The molecule has 0 amide bonds. The lowest BCUT2D eigenvalue weighted by Crippen LogP contribution is -1.95. The SMILES string of the molecule is CC(C)=CCn1c(=S)[nH]c2cnccc21. The van der Waals surface area contributed by atoms with E-state index in [0.29, 0.717) is 0 Å². The first-order chi connectivity index (χ1) is 7.18. The van der Waals surface area contributed by atoms with Gasteiger partial charge in [0.15, 0.2) is 4.77 Å². The molecular weight excluding hydrogens is 206 g/mol. The highest BCUT2D eigenvalue weighted by Gasteiger charge is 2.01. The van der Waals surface area contributed by atoms with Crippen molar-refractivity contribution in [3.05, 3.63) is 34.9 Å². The smallest absolute Gasteiger partial charge is 0.178 e. The first kappa shape index (κ1) is 10.1. The lowest BCUT2D eigenvalue weighted by molar-refractivity contribution is 0.828. The third-order valence-electron chi connectivity index (χ3n) is 2.26. The Hall–Kier alpha value is -1.42. The molecular formula is C11H13N3S. The number of nitrogens with zero attached hydrogens (tertiary/aromatic N) is 2. The summed E-state index contributed by atoms with van der Waals surface area (Å²) in [6, 6.07) is 1.97. The molecule has 4 heteroatoms. The number of aromatic nitrogens is 3. The van der Waals surface area contributed by atoms with Crippen molar-refractivity contribution in [3.63, 3.8) is 0 Å². The Morgan fingerprint density at radius 1 is 1.60 bits per heavy atom. The molecule has 2 aromatic rings. The number of aromatic amines is 1. The Balaban J connectivity index is 2.54. The summed E-state index contributed by atoms with van der Waals surface area (Å²) in [5, 5.41) is 0. The van der Waals surface area contributed by atoms with E-state index in [1.807, 2.05) is 6.07 Å². The number of imidazole rings is 1. The molecule has 0 unspecified atom stereocenters. The Morgan fingerprint density at radius 3 is 3.13 bits per heavy atom. The van der Waals surface area contributed by atoms with Crippen molar-refractivity contribution < 1.29 is 0 Å². The fourth-order valence-electron chi connectivity index (χ4n) is 1.47. The number of nitrogens with one attached hydrogen (secondary N) is 1. The quantitative estimate of drug-likeness (QED) is 0.622. The van der Waals surface area contributed by atoms with Crippen molar-refractivity contribution in [3.8, 4) is 0 Å². The first-order valence-electron chi connectivity index (χ1n) is 4.84. The normalized spacial score (nSPS) is 10.5. The number of fused-ring (bicyclic) bond motifs is 1. The molecule has 0 saturated heterocycles. The fraction of sp³-hybridized carbons (Fsp3) is 0.273. The maximum atomic E-state index is 5.26. The van der Waals surface area contributed by atoms with Gasteiger partial charge in [-0.25, -0.2) is 0 Å². The molecule has 15 heavy (non-hydrogen) atoms. The minimum absolute atomic E-state index is 0.746. The Kier molecular flexibility index (Phi) is 2.68. The third-order valence-corrected chi connectivity index (χ3v) is 2.58. The maximum Gasteiger partial charge on any atom is 0.178 e. The van der Waals surface area contributed by atoms with Crippen LogP contribution < -0.4 is 0 Å². The summed E-state index contributed by atoms with van der Waals surface area (Å²) in [4.78, 5) is 7.19. The summed E-state index contributed by atoms with van der Waals surface area (Å²) in [7, 11) is 0. The molecule has 3 nitrogen and oxygen atoms in total. The highest BCUT2D eigenvalue weighted by Crippen LogP contribution is 2.12. The molecule has 0 spiro atoms. The van der Waals surface area contributed by atoms with Crippen molar-refractivity contribution in [2.24, 2.45) is 0 Å². The number of pyridine rings is 1. The van der Waals surface area contributed by atoms with Crippen LogP contribution in [0.3, 0.4) is 0 Å². The Labute approximate surface area is 93.5 Å². The van der Waals surface area contributed by atoms with Gasteiger partial charge in [-0.1, -0.05) is 11.6 Å². The highest BCUT2D eigenvalue weighted by molar-refractivity contribution is 7.71. The van der Waals surface area contributed by atoms with Crippen molar-refractivity contribution in [1.82, 2.24) is 14.5 Å². The summed E-state index contributed by atoms with van der Waals surface area (Å²) in [5.41, 5.74) is 3.39. The van der Waals surface area contributed by atoms with E-state index in [1.165, 1.54) is 5.57 Å². The zero-order valence-corrected chi connectivity index (χ0v) is 9.64. The van der Waals surface area contributed by atoms with Gasteiger partial charge in [0.1, 0.15) is 0 Å². The lowest BCUT2D eigenvalue weighted by atomic mass is 10.3. The molecule has 2 rings (SSSR count). The van der Waals surface area contributed by atoms with E-state index in [2.05, 4.69) is 34.5 Å². The van der Waals surface area contributed by atoms with E-state index in [-0.39, 0.29) is 0 Å². The molecule has 0 aliphatic heterocycles. The molecule has 0 aliphatic rings. The van der Waals surface area contributed by atoms with E-state index in [1.54, 1.807) is 12.4 Å². The second-order valence-corrected chi connectivity index (χ2v) is 4.10. The van der Waals surface area contributed by atoms with Gasteiger partial charge in [-0.05, 0) is 32.1 Å². The molecule has 2 aromatic heterocycles. The van der Waals surface area contributed by atoms with Crippen LogP contribution in [0.4, 0.5) is 0 Å². The van der Waals surface area contributed by atoms with Crippen LogP contribution in [0.2, 0.25) is 0 Å². The van der Waals surface area contributed by atoms with Crippen LogP contribution >= 0.6 is 12.2 Å². The van der Waals surface area contributed by atoms with Gasteiger partial charge in [-0.2, -0.15) is 0 Å². The average molecular weight is 219 g/mol. The first-order valence-corrected chi connectivity index (χ1v) is 5.25. The van der Waals surface area contributed by atoms with E-state index in [4.69, 9.17) is 12.2 Å². The molecule has 1 N–H and O–H groups in total. The summed E-state index contributed by atoms with van der Waals surface area (Å²) in [5.74, 6) is 0. The second kappa shape index (κ2) is 3.98. The van der Waals surface area contributed by atoms with Gasteiger partial charge in [0.05, 0.1) is 17.2 Å². The summed E-state index contributed by atoms with van der Waals surface area (Å²) < 4.78 is 2.81. The van der Waals surface area contributed by atoms with E-state index >= 15 is 0 Å². The van der Waals surface area contributed by atoms with Gasteiger partial charge >= 0.3 is 0 Å². The molecule has 2 heterocycles. The Morgan fingerprint density at radius 2 is 2.40 bits per heavy atom. The van der Waals surface area contributed by atoms with Crippen molar-refractivity contribution in [2.75, 3.05) is 0 Å². The molecule has 0 aromatic carbocycles. The number of hydrogen-bond donors (Lipinski definition) is 1. The van der Waals surface area contributed by atoms with Crippen LogP contribution in [0, 0.1) is 4.77 Å². The zero-order chi connectivity index (χ0) is 10.8. The lowest BCUT2D eigenvalue weighted by Gasteiger charge is -1.99. The van der Waals surface area contributed by atoms with E-state index in [9.17, 15) is 0 Å². The van der Waals surface area contributed by atoms with Crippen molar-refractivity contribution in [2.45, 2.75) is 20.4 Å². The predicted octanol–water partition coefficient (Wildman–Crippen LogP) is 3.06. The minimum Gasteiger partial charge on any atom is -0.329 e. The van der Waals surface area contributed by atoms with Gasteiger partial charge in [-0.15, -0.1) is 0 Å². The minimum atomic E-state index is 0.746. The van der Waals surface area contributed by atoms with E-state index in [0.717, 1.165) is 22.3 Å². The number of rotatable bonds is 2. The number of H-pyrrole nitrogens is 1. The molecule has 0 atom stereocenters. The maximum absolute atomic E-state index is 5.26. The topological polar surface area (TPSA) is 33.6 Å². The molecule has 0 fully saturated rings. The number of hydrogen-bond acceptors (Lipinski definition) is 2. The van der Waals surface area contributed by atoms with E-state index < -0.39 is 0 Å². The van der Waals surface area contributed by atoms with Gasteiger partial charge in [0.2, 0.25) is 0 Å². The van der Waals surface area contributed by atoms with Gasteiger partial charge < -0.3 is 9.55 Å². The average Bonchev–Trinajstić information content (AvgIpc) is 2.50. The van der Waals surface area contributed by atoms with Crippen LogP contribution in [0.1, 0.15) is 13.8 Å². The molecule has 0 bridgehead atoms. The van der Waals surface area contributed by atoms with Crippen LogP contribution in [-0.4, -0.2) is 14.5 Å². The summed E-state index contributed by atoms with van der Waals surface area (Å²) in [6.07, 6.45) is 5.73. The highest BCUT2D eigenvalue weighted by atomic mass is 32.1. The summed E-state index contributed by atoms with van der Waals surface area (Å²) >= 11 is 5.26. The molecule has 78 valence electrons. The van der Waals surface area contributed by atoms with Crippen LogP contribution in [0.25, 0.3) is 11.0 Å². The predicted molar refractivity (Wildman–Crippen MR) is 64.3 cm³/mol. The Bertz CT molecular complexity index is 558. The van der Waals surface area contributed by atoms with Crippen LogP contribution in [-0.2, 0) is 6.54 Å².